The highest BCUT2D eigenvalue weighted by Crippen LogP contribution is 2.29. The lowest BCUT2D eigenvalue weighted by Gasteiger charge is -2.10. The van der Waals surface area contributed by atoms with Gasteiger partial charge in [-0.3, -0.25) is 4.99 Å². The van der Waals surface area contributed by atoms with Crippen LogP contribution >= 0.6 is 11.6 Å². The van der Waals surface area contributed by atoms with Gasteiger partial charge in [-0.05, 0) is 35.9 Å². The first-order valence-corrected chi connectivity index (χ1v) is 6.97. The lowest BCUT2D eigenvalue weighted by Crippen LogP contribution is -2.03. The van der Waals surface area contributed by atoms with Gasteiger partial charge < -0.3 is 14.6 Å². The zero-order valence-corrected chi connectivity index (χ0v) is 12.9. The molecule has 0 aliphatic carbocycles. The Morgan fingerprint density at radius 1 is 1.22 bits per heavy atom. The Balaban J connectivity index is 2.11. The van der Waals surface area contributed by atoms with Gasteiger partial charge in [0.05, 0.1) is 13.7 Å². The van der Waals surface area contributed by atoms with Crippen LogP contribution in [0.5, 0.6) is 17.2 Å². The smallest absolute Gasteiger partial charge is 0.387 e. The number of phenols is 1. The molecule has 0 aliphatic heterocycles. The van der Waals surface area contributed by atoms with Gasteiger partial charge in [0, 0.05) is 16.8 Å². The normalized spacial score (nSPS) is 11.2. The number of aliphatic imine (C=N–C) groups is 1. The van der Waals surface area contributed by atoms with Crippen molar-refractivity contribution in [3.63, 3.8) is 0 Å². The van der Waals surface area contributed by atoms with Crippen LogP contribution in [0.3, 0.4) is 0 Å². The molecule has 0 radical (unpaired) electrons. The minimum Gasteiger partial charge on any atom is -0.507 e. The van der Waals surface area contributed by atoms with Crippen LogP contribution in [0.1, 0.15) is 11.1 Å². The molecule has 0 spiro atoms. The van der Waals surface area contributed by atoms with E-state index in [4.69, 9.17) is 16.3 Å². The summed E-state index contributed by atoms with van der Waals surface area (Å²) in [6.45, 7) is -2.64. The van der Waals surface area contributed by atoms with Crippen molar-refractivity contribution in [1.82, 2.24) is 0 Å². The second-order valence-corrected chi connectivity index (χ2v) is 4.97. The van der Waals surface area contributed by atoms with Gasteiger partial charge in [-0.25, -0.2) is 0 Å². The molecule has 2 rings (SSSR count). The Hall–Kier alpha value is -2.34. The molecule has 0 heterocycles. The SMILES string of the molecule is COc1cc(CN=Cc2cc(Cl)ccc2O)ccc1OC(F)F. The van der Waals surface area contributed by atoms with Crippen molar-refractivity contribution in [2.75, 3.05) is 7.11 Å². The maximum absolute atomic E-state index is 12.3. The molecule has 1 N–H and O–H groups in total. The lowest BCUT2D eigenvalue weighted by molar-refractivity contribution is -0.0512. The average Bonchev–Trinajstić information content (AvgIpc) is 2.51. The molecular formula is C16H14ClF2NO3. The maximum Gasteiger partial charge on any atom is 0.387 e. The Bertz CT molecular complexity index is 708. The summed E-state index contributed by atoms with van der Waals surface area (Å²) in [5, 5.41) is 10.2. The van der Waals surface area contributed by atoms with Crippen LogP contribution in [0.15, 0.2) is 41.4 Å². The number of methoxy groups -OCH3 is 1. The van der Waals surface area contributed by atoms with Crippen molar-refractivity contribution < 1.29 is 23.4 Å². The van der Waals surface area contributed by atoms with Crippen molar-refractivity contribution in [1.29, 1.82) is 0 Å². The van der Waals surface area contributed by atoms with Crippen LogP contribution in [-0.2, 0) is 6.54 Å². The van der Waals surface area contributed by atoms with Crippen molar-refractivity contribution >= 4 is 17.8 Å². The van der Waals surface area contributed by atoms with Gasteiger partial charge in [0.2, 0.25) is 0 Å². The Morgan fingerprint density at radius 2 is 2.00 bits per heavy atom. The number of benzene rings is 2. The number of halogens is 3. The molecule has 0 fully saturated rings. The third-order valence-electron chi connectivity index (χ3n) is 2.94. The summed E-state index contributed by atoms with van der Waals surface area (Å²) in [5.74, 6) is 0.225. The number of rotatable bonds is 6. The van der Waals surface area contributed by atoms with E-state index in [1.807, 2.05) is 0 Å². The van der Waals surface area contributed by atoms with Gasteiger partial charge in [0.15, 0.2) is 11.5 Å². The second kappa shape index (κ2) is 7.78. The second-order valence-electron chi connectivity index (χ2n) is 4.54. The Labute approximate surface area is 136 Å². The summed E-state index contributed by atoms with van der Waals surface area (Å²) in [6, 6.07) is 9.19. The van der Waals surface area contributed by atoms with E-state index < -0.39 is 6.61 Å². The molecule has 0 aliphatic rings. The van der Waals surface area contributed by atoms with Crippen LogP contribution in [0.4, 0.5) is 8.78 Å². The highest BCUT2D eigenvalue weighted by molar-refractivity contribution is 6.30. The van der Waals surface area contributed by atoms with Crippen molar-refractivity contribution in [3.05, 3.63) is 52.5 Å². The topological polar surface area (TPSA) is 51.0 Å². The first-order valence-electron chi connectivity index (χ1n) is 6.59. The monoisotopic (exact) mass is 341 g/mol. The molecule has 4 nitrogen and oxygen atoms in total. The molecular weight excluding hydrogens is 328 g/mol. The maximum atomic E-state index is 12.3. The predicted molar refractivity (Wildman–Crippen MR) is 84.0 cm³/mol. The average molecular weight is 342 g/mol. The van der Waals surface area contributed by atoms with Crippen molar-refractivity contribution in [2.45, 2.75) is 13.2 Å². The zero-order valence-electron chi connectivity index (χ0n) is 12.2. The summed E-state index contributed by atoms with van der Waals surface area (Å²) in [6.07, 6.45) is 1.48. The molecule has 122 valence electrons. The van der Waals surface area contributed by atoms with E-state index in [0.717, 1.165) is 5.56 Å². The van der Waals surface area contributed by atoms with E-state index in [2.05, 4.69) is 9.73 Å². The highest BCUT2D eigenvalue weighted by Gasteiger charge is 2.10. The number of nitrogens with zero attached hydrogens (tertiary/aromatic N) is 1. The summed E-state index contributed by atoms with van der Waals surface area (Å²) >= 11 is 5.85. The Kier molecular flexibility index (Phi) is 5.76. The molecule has 0 saturated heterocycles. The summed E-state index contributed by atoms with van der Waals surface area (Å²) in [4.78, 5) is 4.19. The quantitative estimate of drug-likeness (QED) is 0.798. The van der Waals surface area contributed by atoms with Crippen LogP contribution in [0.2, 0.25) is 5.02 Å². The minimum atomic E-state index is -2.92. The zero-order chi connectivity index (χ0) is 16.8. The largest absolute Gasteiger partial charge is 0.507 e. The highest BCUT2D eigenvalue weighted by atomic mass is 35.5. The molecule has 7 heteroatoms. The fraction of sp³-hybridized carbons (Fsp3) is 0.188. The van der Waals surface area contributed by atoms with Gasteiger partial charge in [0.1, 0.15) is 5.75 Å². The first-order chi connectivity index (χ1) is 11.0. The van der Waals surface area contributed by atoms with Gasteiger partial charge in [-0.2, -0.15) is 8.78 Å². The van der Waals surface area contributed by atoms with Gasteiger partial charge >= 0.3 is 6.61 Å². The molecule has 2 aromatic carbocycles. The van der Waals surface area contributed by atoms with Crippen LogP contribution in [-0.4, -0.2) is 25.0 Å². The summed E-state index contributed by atoms with van der Waals surface area (Å²) in [7, 11) is 1.37. The molecule has 0 saturated carbocycles. The van der Waals surface area contributed by atoms with Gasteiger partial charge in [0.25, 0.3) is 0 Å². The predicted octanol–water partition coefficient (Wildman–Crippen LogP) is 4.27. The number of ether oxygens (including phenoxy) is 2. The van der Waals surface area contributed by atoms with Crippen LogP contribution in [0, 0.1) is 0 Å². The molecule has 0 aromatic heterocycles. The van der Waals surface area contributed by atoms with Crippen molar-refractivity contribution in [2.24, 2.45) is 4.99 Å². The molecule has 2 aromatic rings. The van der Waals surface area contributed by atoms with Crippen LogP contribution in [0.25, 0.3) is 0 Å². The van der Waals surface area contributed by atoms with Gasteiger partial charge in [-0.1, -0.05) is 17.7 Å². The van der Waals surface area contributed by atoms with E-state index in [1.54, 1.807) is 24.3 Å². The standard InChI is InChI=1S/C16H14ClF2NO3/c1-22-15-6-10(2-5-14(15)23-16(18)19)8-20-9-11-7-12(17)3-4-13(11)21/h2-7,9,16,21H,8H2,1H3. The lowest BCUT2D eigenvalue weighted by atomic mass is 10.2. The number of alkyl halides is 2. The van der Waals surface area contributed by atoms with Gasteiger partial charge in [-0.15, -0.1) is 0 Å². The number of hydrogen-bond acceptors (Lipinski definition) is 4. The fourth-order valence-corrected chi connectivity index (χ4v) is 2.06. The van der Waals surface area contributed by atoms with E-state index in [9.17, 15) is 13.9 Å². The number of hydrogen-bond donors (Lipinski definition) is 1. The fourth-order valence-electron chi connectivity index (χ4n) is 1.88. The summed E-state index contributed by atoms with van der Waals surface area (Å²) < 4.78 is 33.9. The molecule has 0 unspecified atom stereocenters. The summed E-state index contributed by atoms with van der Waals surface area (Å²) in [5.41, 5.74) is 1.23. The molecule has 0 amide bonds. The third-order valence-corrected chi connectivity index (χ3v) is 3.17. The molecule has 0 bridgehead atoms. The Morgan fingerprint density at radius 3 is 2.70 bits per heavy atom. The van der Waals surface area contributed by atoms with E-state index >= 15 is 0 Å². The van der Waals surface area contributed by atoms with E-state index in [0.29, 0.717) is 10.6 Å². The minimum absolute atomic E-state index is 0.0392. The molecule has 23 heavy (non-hydrogen) atoms. The number of phenolic OH excluding ortho intramolecular Hbond substituents is 1. The molecule has 0 atom stereocenters. The van der Waals surface area contributed by atoms with E-state index in [1.165, 1.54) is 25.5 Å². The van der Waals surface area contributed by atoms with Crippen molar-refractivity contribution in [3.8, 4) is 17.2 Å². The van der Waals surface area contributed by atoms with Crippen LogP contribution < -0.4 is 9.47 Å². The van der Waals surface area contributed by atoms with E-state index in [-0.39, 0.29) is 23.8 Å². The number of aromatic hydroxyl groups is 1. The third kappa shape index (κ3) is 4.82. The first kappa shape index (κ1) is 17.0.